The van der Waals surface area contributed by atoms with Crippen LogP contribution in [0.3, 0.4) is 0 Å². The van der Waals surface area contributed by atoms with Crippen LogP contribution in [0.4, 0.5) is 0 Å². The van der Waals surface area contributed by atoms with Gasteiger partial charge in [0.25, 0.3) is 5.91 Å². The van der Waals surface area contributed by atoms with Crippen molar-refractivity contribution >= 4 is 5.91 Å². The van der Waals surface area contributed by atoms with Crippen molar-refractivity contribution < 1.29 is 9.90 Å². The number of carbonyl (C=O) groups excluding carboxylic acids is 1. The van der Waals surface area contributed by atoms with Gasteiger partial charge < -0.3 is 15.7 Å². The van der Waals surface area contributed by atoms with Gasteiger partial charge in [0, 0.05) is 43.5 Å². The highest BCUT2D eigenvalue weighted by Gasteiger charge is 2.25. The number of H-pyrrole nitrogens is 1. The molecule has 0 radical (unpaired) electrons. The molecule has 3 heterocycles. The van der Waals surface area contributed by atoms with E-state index in [1.165, 1.54) is 6.20 Å². The molecule has 0 bridgehead atoms. The zero-order chi connectivity index (χ0) is 14.7. The second kappa shape index (κ2) is 6.02. The summed E-state index contributed by atoms with van der Waals surface area (Å²) in [6.07, 6.45) is 4.43. The third-order valence-corrected chi connectivity index (χ3v) is 3.68. The Bertz CT molecular complexity index is 613. The molecule has 0 aromatic carbocycles. The normalized spacial score (nSPS) is 21.4. The Morgan fingerprint density at radius 1 is 1.38 bits per heavy atom. The van der Waals surface area contributed by atoms with Gasteiger partial charge in [0.2, 0.25) is 0 Å². The molecule has 0 saturated carbocycles. The molecule has 1 amide bonds. The van der Waals surface area contributed by atoms with Crippen LogP contribution >= 0.6 is 0 Å². The lowest BCUT2D eigenvalue weighted by atomic mass is 10.1. The van der Waals surface area contributed by atoms with Crippen molar-refractivity contribution in [1.82, 2.24) is 25.8 Å². The van der Waals surface area contributed by atoms with Crippen molar-refractivity contribution in [1.29, 1.82) is 0 Å². The summed E-state index contributed by atoms with van der Waals surface area (Å²) in [6.45, 7) is 1.73. The first-order valence-electron chi connectivity index (χ1n) is 6.86. The average molecular weight is 287 g/mol. The highest BCUT2D eigenvalue weighted by Crippen LogP contribution is 2.20. The van der Waals surface area contributed by atoms with Gasteiger partial charge in [-0.2, -0.15) is 5.10 Å². The van der Waals surface area contributed by atoms with E-state index in [-0.39, 0.29) is 11.8 Å². The van der Waals surface area contributed by atoms with Crippen LogP contribution in [-0.2, 0) is 0 Å². The number of amides is 1. The molecule has 2 unspecified atom stereocenters. The molecule has 0 aliphatic carbocycles. The molecule has 2 aromatic rings. The molecule has 110 valence electrons. The van der Waals surface area contributed by atoms with E-state index in [0.29, 0.717) is 30.9 Å². The van der Waals surface area contributed by atoms with Crippen LogP contribution in [0, 0.1) is 5.92 Å². The molecule has 1 fully saturated rings. The van der Waals surface area contributed by atoms with Gasteiger partial charge in [0.05, 0.1) is 23.6 Å². The van der Waals surface area contributed by atoms with Crippen LogP contribution < -0.4 is 10.6 Å². The molecule has 1 aliphatic rings. The highest BCUT2D eigenvalue weighted by atomic mass is 16.3. The Kier molecular flexibility index (Phi) is 3.94. The zero-order valence-corrected chi connectivity index (χ0v) is 11.4. The topological polar surface area (TPSA) is 103 Å². The Morgan fingerprint density at radius 3 is 2.90 bits per heavy atom. The van der Waals surface area contributed by atoms with E-state index in [2.05, 4.69) is 25.8 Å². The van der Waals surface area contributed by atoms with Gasteiger partial charge in [-0.3, -0.25) is 14.9 Å². The lowest BCUT2D eigenvalue weighted by Crippen LogP contribution is -2.34. The number of rotatable bonds is 4. The molecule has 2 aromatic heterocycles. The van der Waals surface area contributed by atoms with Gasteiger partial charge >= 0.3 is 0 Å². The van der Waals surface area contributed by atoms with E-state index >= 15 is 0 Å². The van der Waals surface area contributed by atoms with E-state index in [1.807, 2.05) is 12.1 Å². The van der Waals surface area contributed by atoms with Crippen LogP contribution in [-0.4, -0.2) is 51.9 Å². The molecule has 1 aliphatic heterocycles. The number of nitrogens with one attached hydrogen (secondary N) is 3. The van der Waals surface area contributed by atoms with E-state index in [4.69, 9.17) is 0 Å². The molecular weight excluding hydrogens is 270 g/mol. The fourth-order valence-corrected chi connectivity index (χ4v) is 2.44. The van der Waals surface area contributed by atoms with Crippen molar-refractivity contribution in [3.63, 3.8) is 0 Å². The van der Waals surface area contributed by atoms with Crippen LogP contribution in [0.15, 0.2) is 30.7 Å². The number of pyridine rings is 1. The monoisotopic (exact) mass is 287 g/mol. The number of β-amino-alcohol motifs (C(OH)–C–C–N with tert-alkyl or cyclic N) is 1. The third-order valence-electron chi connectivity index (χ3n) is 3.68. The van der Waals surface area contributed by atoms with Gasteiger partial charge in [-0.1, -0.05) is 0 Å². The van der Waals surface area contributed by atoms with Crippen molar-refractivity contribution in [2.24, 2.45) is 5.92 Å². The summed E-state index contributed by atoms with van der Waals surface area (Å²) in [5, 5.41) is 22.5. The maximum absolute atomic E-state index is 12.3. The van der Waals surface area contributed by atoms with Gasteiger partial charge in [-0.15, -0.1) is 0 Å². The molecule has 21 heavy (non-hydrogen) atoms. The molecule has 3 rings (SSSR count). The SMILES string of the molecule is O=C(NCC1CNCC1O)c1cn[nH]c1-c1ccncc1. The predicted molar refractivity (Wildman–Crippen MR) is 76.5 cm³/mol. The number of nitrogens with zero attached hydrogens (tertiary/aromatic N) is 2. The number of aliphatic hydroxyl groups excluding tert-OH is 1. The second-order valence-corrected chi connectivity index (χ2v) is 5.09. The smallest absolute Gasteiger partial charge is 0.255 e. The second-order valence-electron chi connectivity index (χ2n) is 5.09. The molecule has 4 N–H and O–H groups in total. The fraction of sp³-hybridized carbons (Fsp3) is 0.357. The van der Waals surface area contributed by atoms with Crippen molar-refractivity contribution in [2.75, 3.05) is 19.6 Å². The minimum Gasteiger partial charge on any atom is -0.391 e. The van der Waals surface area contributed by atoms with Crippen LogP contribution in [0.2, 0.25) is 0 Å². The van der Waals surface area contributed by atoms with Crippen LogP contribution in [0.25, 0.3) is 11.3 Å². The number of aromatic amines is 1. The molecule has 7 heteroatoms. The summed E-state index contributed by atoms with van der Waals surface area (Å²) in [5.74, 6) is -0.153. The number of carbonyl (C=O) groups is 1. The number of aromatic nitrogens is 3. The van der Waals surface area contributed by atoms with Gasteiger partial charge in [-0.05, 0) is 12.1 Å². The van der Waals surface area contributed by atoms with Crippen LogP contribution in [0.1, 0.15) is 10.4 Å². The lowest BCUT2D eigenvalue weighted by Gasteiger charge is -2.14. The summed E-state index contributed by atoms with van der Waals surface area (Å²) in [5.41, 5.74) is 2.01. The third kappa shape index (κ3) is 2.93. The van der Waals surface area contributed by atoms with E-state index in [1.54, 1.807) is 12.4 Å². The van der Waals surface area contributed by atoms with Gasteiger partial charge in [0.15, 0.2) is 0 Å². The largest absolute Gasteiger partial charge is 0.391 e. The number of aliphatic hydroxyl groups is 1. The van der Waals surface area contributed by atoms with Gasteiger partial charge in [-0.25, -0.2) is 0 Å². The first kappa shape index (κ1) is 13.7. The molecule has 0 spiro atoms. The fourth-order valence-electron chi connectivity index (χ4n) is 2.44. The van der Waals surface area contributed by atoms with Crippen molar-refractivity contribution in [3.05, 3.63) is 36.3 Å². The summed E-state index contributed by atoms with van der Waals surface area (Å²) in [4.78, 5) is 16.2. The van der Waals surface area contributed by atoms with E-state index in [0.717, 1.165) is 5.56 Å². The molecular formula is C14H17N5O2. The lowest BCUT2D eigenvalue weighted by molar-refractivity contribution is 0.0928. The summed E-state index contributed by atoms with van der Waals surface area (Å²) >= 11 is 0. The standard InChI is InChI=1S/C14H17N5O2/c20-12-8-16-5-10(12)6-17-14(21)11-7-18-19-13(11)9-1-3-15-4-2-9/h1-4,7,10,12,16,20H,5-6,8H2,(H,17,21)(H,18,19). The quantitative estimate of drug-likeness (QED) is 0.622. The minimum atomic E-state index is -0.408. The summed E-state index contributed by atoms with van der Waals surface area (Å²) < 4.78 is 0. The van der Waals surface area contributed by atoms with Crippen molar-refractivity contribution in [3.8, 4) is 11.3 Å². The molecule has 1 saturated heterocycles. The summed E-state index contributed by atoms with van der Waals surface area (Å²) in [7, 11) is 0. The van der Waals surface area contributed by atoms with Crippen molar-refractivity contribution in [2.45, 2.75) is 6.10 Å². The Labute approximate surface area is 121 Å². The molecule has 7 nitrogen and oxygen atoms in total. The minimum absolute atomic E-state index is 0.0465. The maximum Gasteiger partial charge on any atom is 0.255 e. The Balaban J connectivity index is 1.70. The first-order chi connectivity index (χ1) is 10.3. The van der Waals surface area contributed by atoms with E-state index < -0.39 is 6.10 Å². The van der Waals surface area contributed by atoms with Crippen LogP contribution in [0.5, 0.6) is 0 Å². The Hall–Kier alpha value is -2.25. The number of hydrogen-bond acceptors (Lipinski definition) is 5. The van der Waals surface area contributed by atoms with E-state index in [9.17, 15) is 9.90 Å². The predicted octanol–water partition coefficient (Wildman–Crippen LogP) is -0.218. The maximum atomic E-state index is 12.3. The summed E-state index contributed by atoms with van der Waals surface area (Å²) in [6, 6.07) is 3.63. The highest BCUT2D eigenvalue weighted by molar-refractivity contribution is 5.99. The van der Waals surface area contributed by atoms with Gasteiger partial charge in [0.1, 0.15) is 0 Å². The average Bonchev–Trinajstić information content (AvgIpc) is 3.15. The first-order valence-corrected chi connectivity index (χ1v) is 6.86. The number of hydrogen-bond donors (Lipinski definition) is 4. The Morgan fingerprint density at radius 2 is 2.19 bits per heavy atom. The zero-order valence-electron chi connectivity index (χ0n) is 11.4. The molecule has 2 atom stereocenters.